The summed E-state index contributed by atoms with van der Waals surface area (Å²) in [6.07, 6.45) is -1.77. The second-order valence-corrected chi connectivity index (χ2v) is 4.08. The molecule has 0 aliphatic heterocycles. The number of pyridine rings is 2. The van der Waals surface area contributed by atoms with Crippen molar-refractivity contribution in [3.63, 3.8) is 0 Å². The number of aromatic nitrogens is 2. The average Bonchev–Trinajstić information content (AvgIpc) is 2.46. The lowest BCUT2D eigenvalue weighted by molar-refractivity contribution is -0.141. The number of ether oxygens (including phenoxy) is 2. The maximum absolute atomic E-state index is 12.4. The van der Waals surface area contributed by atoms with E-state index in [0.29, 0.717) is 23.8 Å². The molecule has 7 heteroatoms. The van der Waals surface area contributed by atoms with Crippen molar-refractivity contribution in [2.75, 3.05) is 6.61 Å². The predicted octanol–water partition coefficient (Wildman–Crippen LogP) is 3.47. The zero-order valence-electron chi connectivity index (χ0n) is 11.2. The molecule has 0 radical (unpaired) electrons. The zero-order valence-corrected chi connectivity index (χ0v) is 11.2. The van der Waals surface area contributed by atoms with Gasteiger partial charge in [-0.25, -0.2) is 4.98 Å². The fraction of sp³-hybridized carbons (Fsp3) is 0.286. The SMILES string of the molecule is CCOc1cccnc1OCc1ccc(C(F)(F)F)nc1. The summed E-state index contributed by atoms with van der Waals surface area (Å²) in [6, 6.07) is 5.65. The van der Waals surface area contributed by atoms with Gasteiger partial charge in [0.2, 0.25) is 0 Å². The van der Waals surface area contributed by atoms with E-state index in [0.717, 1.165) is 12.3 Å². The van der Waals surface area contributed by atoms with E-state index in [4.69, 9.17) is 9.47 Å². The van der Waals surface area contributed by atoms with Crippen molar-refractivity contribution < 1.29 is 22.6 Å². The third kappa shape index (κ3) is 4.08. The number of halogens is 3. The van der Waals surface area contributed by atoms with Crippen molar-refractivity contribution in [3.05, 3.63) is 47.9 Å². The van der Waals surface area contributed by atoms with Gasteiger partial charge in [-0.05, 0) is 25.1 Å². The highest BCUT2D eigenvalue weighted by atomic mass is 19.4. The molecular formula is C14H13F3N2O2. The van der Waals surface area contributed by atoms with Crippen molar-refractivity contribution in [1.29, 1.82) is 0 Å². The summed E-state index contributed by atoms with van der Waals surface area (Å²) in [5.41, 5.74) is -0.421. The molecule has 0 bridgehead atoms. The molecule has 112 valence electrons. The Morgan fingerprint density at radius 3 is 2.52 bits per heavy atom. The molecule has 0 unspecified atom stereocenters. The van der Waals surface area contributed by atoms with Gasteiger partial charge >= 0.3 is 6.18 Å². The minimum atomic E-state index is -4.44. The molecule has 2 rings (SSSR count). The molecule has 0 atom stereocenters. The number of nitrogens with zero attached hydrogens (tertiary/aromatic N) is 2. The molecule has 0 aliphatic rings. The maximum Gasteiger partial charge on any atom is 0.433 e. The number of hydrogen-bond donors (Lipinski definition) is 0. The number of alkyl halides is 3. The van der Waals surface area contributed by atoms with Crippen LogP contribution in [0, 0.1) is 0 Å². The van der Waals surface area contributed by atoms with Crippen LogP contribution in [-0.2, 0) is 12.8 Å². The van der Waals surface area contributed by atoms with Crippen LogP contribution in [0.4, 0.5) is 13.2 Å². The highest BCUT2D eigenvalue weighted by Gasteiger charge is 2.31. The Kier molecular flexibility index (Phi) is 4.62. The quantitative estimate of drug-likeness (QED) is 0.847. The standard InChI is InChI=1S/C14H13F3N2O2/c1-2-20-11-4-3-7-18-13(11)21-9-10-5-6-12(19-8-10)14(15,16)17/h3-8H,2,9H2,1H3. The summed E-state index contributed by atoms with van der Waals surface area (Å²) in [5, 5.41) is 0. The lowest BCUT2D eigenvalue weighted by Crippen LogP contribution is -2.08. The van der Waals surface area contributed by atoms with Crippen LogP contribution in [-0.4, -0.2) is 16.6 Å². The molecule has 4 nitrogen and oxygen atoms in total. The normalized spacial score (nSPS) is 11.2. The Balaban J connectivity index is 2.03. The summed E-state index contributed by atoms with van der Waals surface area (Å²) >= 11 is 0. The van der Waals surface area contributed by atoms with Gasteiger partial charge in [-0.15, -0.1) is 0 Å². The van der Waals surface area contributed by atoms with Crippen LogP contribution in [0.5, 0.6) is 11.6 Å². The van der Waals surface area contributed by atoms with E-state index >= 15 is 0 Å². The summed E-state index contributed by atoms with van der Waals surface area (Å²) < 4.78 is 47.9. The van der Waals surface area contributed by atoms with Gasteiger partial charge in [0.25, 0.3) is 5.88 Å². The van der Waals surface area contributed by atoms with E-state index in [1.807, 2.05) is 6.92 Å². The molecule has 0 spiro atoms. The molecule has 0 aromatic carbocycles. The van der Waals surface area contributed by atoms with Gasteiger partial charge in [0.05, 0.1) is 6.61 Å². The smallest absolute Gasteiger partial charge is 0.433 e. The molecule has 2 aromatic rings. The van der Waals surface area contributed by atoms with Gasteiger partial charge < -0.3 is 9.47 Å². The first-order chi connectivity index (χ1) is 10.0. The number of hydrogen-bond acceptors (Lipinski definition) is 4. The van der Waals surface area contributed by atoms with Gasteiger partial charge in [0.15, 0.2) is 5.75 Å². The van der Waals surface area contributed by atoms with Crippen LogP contribution >= 0.6 is 0 Å². The van der Waals surface area contributed by atoms with Gasteiger partial charge in [0.1, 0.15) is 12.3 Å². The van der Waals surface area contributed by atoms with Crippen molar-refractivity contribution in [2.24, 2.45) is 0 Å². The van der Waals surface area contributed by atoms with E-state index in [2.05, 4.69) is 9.97 Å². The Morgan fingerprint density at radius 1 is 1.10 bits per heavy atom. The lowest BCUT2D eigenvalue weighted by Gasteiger charge is -2.10. The monoisotopic (exact) mass is 298 g/mol. The van der Waals surface area contributed by atoms with Crippen molar-refractivity contribution in [1.82, 2.24) is 9.97 Å². The van der Waals surface area contributed by atoms with E-state index in [1.165, 1.54) is 6.07 Å². The highest BCUT2D eigenvalue weighted by molar-refractivity contribution is 5.32. The Labute approximate surface area is 119 Å². The zero-order chi connectivity index (χ0) is 15.3. The Morgan fingerprint density at radius 2 is 1.90 bits per heavy atom. The van der Waals surface area contributed by atoms with Gasteiger partial charge in [-0.1, -0.05) is 6.07 Å². The summed E-state index contributed by atoms with van der Waals surface area (Å²) in [7, 11) is 0. The van der Waals surface area contributed by atoms with Crippen LogP contribution in [0.15, 0.2) is 36.7 Å². The first kappa shape index (κ1) is 15.1. The van der Waals surface area contributed by atoms with Crippen molar-refractivity contribution in [2.45, 2.75) is 19.7 Å². The third-order valence-electron chi connectivity index (χ3n) is 2.53. The molecule has 21 heavy (non-hydrogen) atoms. The van der Waals surface area contributed by atoms with E-state index in [-0.39, 0.29) is 6.61 Å². The molecule has 0 aliphatic carbocycles. The molecule has 2 aromatic heterocycles. The first-order valence-electron chi connectivity index (χ1n) is 6.23. The molecular weight excluding hydrogens is 285 g/mol. The van der Waals surface area contributed by atoms with Gasteiger partial charge in [-0.3, -0.25) is 4.98 Å². The molecule has 0 saturated carbocycles. The first-order valence-corrected chi connectivity index (χ1v) is 6.23. The topological polar surface area (TPSA) is 44.2 Å². The molecule has 0 N–H and O–H groups in total. The average molecular weight is 298 g/mol. The molecule has 2 heterocycles. The van der Waals surface area contributed by atoms with E-state index < -0.39 is 11.9 Å². The molecule has 0 saturated heterocycles. The van der Waals surface area contributed by atoms with Gasteiger partial charge in [-0.2, -0.15) is 13.2 Å². The Bertz CT molecular complexity index is 586. The van der Waals surface area contributed by atoms with Crippen LogP contribution < -0.4 is 9.47 Å². The third-order valence-corrected chi connectivity index (χ3v) is 2.53. The predicted molar refractivity (Wildman–Crippen MR) is 69.0 cm³/mol. The molecule has 0 fully saturated rings. The van der Waals surface area contributed by atoms with E-state index in [9.17, 15) is 13.2 Å². The largest absolute Gasteiger partial charge is 0.488 e. The summed E-state index contributed by atoms with van der Waals surface area (Å²) in [4.78, 5) is 7.39. The fourth-order valence-corrected chi connectivity index (χ4v) is 1.58. The number of rotatable bonds is 5. The van der Waals surface area contributed by atoms with Crippen LogP contribution in [0.3, 0.4) is 0 Å². The minimum Gasteiger partial charge on any atom is -0.488 e. The van der Waals surface area contributed by atoms with Crippen molar-refractivity contribution in [3.8, 4) is 11.6 Å². The summed E-state index contributed by atoms with van der Waals surface area (Å²) in [6.45, 7) is 2.35. The van der Waals surface area contributed by atoms with Crippen LogP contribution in [0.25, 0.3) is 0 Å². The van der Waals surface area contributed by atoms with Crippen molar-refractivity contribution >= 4 is 0 Å². The lowest BCUT2D eigenvalue weighted by atomic mass is 10.2. The minimum absolute atomic E-state index is 0.0578. The molecule has 0 amide bonds. The van der Waals surface area contributed by atoms with Crippen LogP contribution in [0.2, 0.25) is 0 Å². The van der Waals surface area contributed by atoms with Gasteiger partial charge in [0, 0.05) is 18.0 Å². The van der Waals surface area contributed by atoms with E-state index in [1.54, 1.807) is 18.3 Å². The summed E-state index contributed by atoms with van der Waals surface area (Å²) in [5.74, 6) is 0.777. The Hall–Kier alpha value is -2.31. The second-order valence-electron chi connectivity index (χ2n) is 4.08. The van der Waals surface area contributed by atoms with Crippen LogP contribution in [0.1, 0.15) is 18.2 Å². The highest BCUT2D eigenvalue weighted by Crippen LogP contribution is 2.28. The maximum atomic E-state index is 12.4. The fourth-order valence-electron chi connectivity index (χ4n) is 1.58. The second kappa shape index (κ2) is 6.43.